The van der Waals surface area contributed by atoms with Crippen LogP contribution < -0.4 is 10.1 Å². The van der Waals surface area contributed by atoms with E-state index in [-0.39, 0.29) is 16.6 Å². The molecule has 2 heterocycles. The van der Waals surface area contributed by atoms with Gasteiger partial charge in [0, 0.05) is 43.0 Å². The molecule has 0 spiro atoms. The first-order valence-corrected chi connectivity index (χ1v) is 13.3. The number of halogens is 1. The molecule has 3 aromatic rings. The molecular formula is C26H30FN3O4S. The van der Waals surface area contributed by atoms with Crippen molar-refractivity contribution in [3.8, 4) is 5.75 Å². The molecule has 0 atom stereocenters. The van der Waals surface area contributed by atoms with Crippen LogP contribution in [0.5, 0.6) is 5.75 Å². The Morgan fingerprint density at radius 3 is 2.66 bits per heavy atom. The molecule has 0 aliphatic carbocycles. The fourth-order valence-corrected chi connectivity index (χ4v) is 5.97. The summed E-state index contributed by atoms with van der Waals surface area (Å²) in [6.07, 6.45) is 7.84. The van der Waals surface area contributed by atoms with Crippen LogP contribution in [-0.2, 0) is 10.0 Å². The van der Waals surface area contributed by atoms with Crippen LogP contribution in [0.15, 0.2) is 59.8 Å². The number of sulfonamides is 1. The van der Waals surface area contributed by atoms with Crippen molar-refractivity contribution in [2.24, 2.45) is 5.92 Å². The molecule has 1 fully saturated rings. The molecule has 0 saturated carbocycles. The summed E-state index contributed by atoms with van der Waals surface area (Å²) in [4.78, 5) is 16.5. The average molecular weight is 500 g/mol. The van der Waals surface area contributed by atoms with Gasteiger partial charge in [-0.25, -0.2) is 12.8 Å². The van der Waals surface area contributed by atoms with Crippen molar-refractivity contribution in [1.82, 2.24) is 14.6 Å². The van der Waals surface area contributed by atoms with Crippen LogP contribution in [0.4, 0.5) is 4.39 Å². The second-order valence-corrected chi connectivity index (χ2v) is 10.8. The van der Waals surface area contributed by atoms with Crippen molar-refractivity contribution in [1.29, 1.82) is 0 Å². The highest BCUT2D eigenvalue weighted by molar-refractivity contribution is 7.89. The van der Waals surface area contributed by atoms with Crippen molar-refractivity contribution in [2.45, 2.75) is 37.0 Å². The first-order valence-electron chi connectivity index (χ1n) is 11.8. The van der Waals surface area contributed by atoms with E-state index in [9.17, 15) is 17.6 Å². The van der Waals surface area contributed by atoms with Crippen LogP contribution in [-0.4, -0.2) is 50.4 Å². The standard InChI is InChI=1S/C26H30FN3O4S/c1-34-25-8-7-23(17-24(25)27)35(32,33)30-14-10-19(11-15-30)4-2-3-12-29-26(31)21-6-5-20-9-13-28-18-22(20)16-21/h5-9,13,16-19H,2-4,10-12,14-15H2,1H3,(H,29,31). The van der Waals surface area contributed by atoms with Gasteiger partial charge in [-0.3, -0.25) is 9.78 Å². The molecule has 1 N–H and O–H groups in total. The summed E-state index contributed by atoms with van der Waals surface area (Å²) in [6, 6.07) is 11.2. The number of rotatable bonds is 9. The molecule has 1 aliphatic rings. The lowest BCUT2D eigenvalue weighted by atomic mass is 9.92. The number of nitrogens with zero attached hydrogens (tertiary/aromatic N) is 2. The number of methoxy groups -OCH3 is 1. The minimum atomic E-state index is -3.73. The number of hydrogen-bond donors (Lipinski definition) is 1. The third kappa shape index (κ3) is 5.97. The lowest BCUT2D eigenvalue weighted by molar-refractivity contribution is 0.0953. The third-order valence-electron chi connectivity index (χ3n) is 6.56. The van der Waals surface area contributed by atoms with Gasteiger partial charge in [0.25, 0.3) is 5.91 Å². The maximum Gasteiger partial charge on any atom is 0.251 e. The highest BCUT2D eigenvalue weighted by Crippen LogP contribution is 2.28. The number of ether oxygens (including phenoxy) is 1. The molecule has 1 aliphatic heterocycles. The van der Waals surface area contributed by atoms with Gasteiger partial charge in [0.15, 0.2) is 11.6 Å². The zero-order valence-electron chi connectivity index (χ0n) is 19.7. The first kappa shape index (κ1) is 25.1. The Kier molecular flexibility index (Phi) is 7.97. The molecular weight excluding hydrogens is 469 g/mol. The lowest BCUT2D eigenvalue weighted by Crippen LogP contribution is -2.38. The summed E-state index contributed by atoms with van der Waals surface area (Å²) in [5.74, 6) is -0.316. The van der Waals surface area contributed by atoms with E-state index in [2.05, 4.69) is 10.3 Å². The number of carbonyl (C=O) groups excluding carboxylic acids is 1. The van der Waals surface area contributed by atoms with Crippen LogP contribution in [0.3, 0.4) is 0 Å². The maximum absolute atomic E-state index is 14.0. The summed E-state index contributed by atoms with van der Waals surface area (Å²) >= 11 is 0. The zero-order valence-corrected chi connectivity index (χ0v) is 20.6. The molecule has 9 heteroatoms. The van der Waals surface area contributed by atoms with E-state index in [4.69, 9.17) is 4.74 Å². The largest absolute Gasteiger partial charge is 0.494 e. The van der Waals surface area contributed by atoms with Gasteiger partial charge in [0.05, 0.1) is 12.0 Å². The molecule has 1 amide bonds. The summed E-state index contributed by atoms with van der Waals surface area (Å²) in [5.41, 5.74) is 0.621. The minimum absolute atomic E-state index is 0.0217. The molecule has 2 aromatic carbocycles. The number of benzene rings is 2. The number of carbonyl (C=O) groups is 1. The number of fused-ring (bicyclic) bond motifs is 1. The van der Waals surface area contributed by atoms with Crippen LogP contribution in [0, 0.1) is 11.7 Å². The fourth-order valence-electron chi connectivity index (χ4n) is 4.48. The van der Waals surface area contributed by atoms with E-state index in [1.807, 2.05) is 24.3 Å². The lowest BCUT2D eigenvalue weighted by Gasteiger charge is -2.31. The molecule has 0 bridgehead atoms. The van der Waals surface area contributed by atoms with E-state index in [1.165, 1.54) is 23.5 Å². The quantitative estimate of drug-likeness (QED) is 0.442. The predicted octanol–water partition coefficient (Wildman–Crippen LogP) is 4.38. The van der Waals surface area contributed by atoms with Gasteiger partial charge < -0.3 is 10.1 Å². The smallest absolute Gasteiger partial charge is 0.251 e. The van der Waals surface area contributed by atoms with Crippen molar-refractivity contribution in [3.63, 3.8) is 0 Å². The number of pyridine rings is 1. The summed E-state index contributed by atoms with van der Waals surface area (Å²) in [6.45, 7) is 1.45. The van der Waals surface area contributed by atoms with E-state index in [0.29, 0.717) is 31.1 Å². The van der Waals surface area contributed by atoms with Gasteiger partial charge in [0.1, 0.15) is 0 Å². The Hall–Kier alpha value is -3.04. The molecule has 0 radical (unpaired) electrons. The van der Waals surface area contributed by atoms with Gasteiger partial charge in [0.2, 0.25) is 10.0 Å². The van der Waals surface area contributed by atoms with Crippen molar-refractivity contribution in [2.75, 3.05) is 26.7 Å². The average Bonchev–Trinajstić information content (AvgIpc) is 2.88. The molecule has 35 heavy (non-hydrogen) atoms. The molecule has 1 saturated heterocycles. The Morgan fingerprint density at radius 2 is 1.91 bits per heavy atom. The second-order valence-electron chi connectivity index (χ2n) is 8.83. The van der Waals surface area contributed by atoms with Crippen LogP contribution in [0.25, 0.3) is 10.8 Å². The van der Waals surface area contributed by atoms with Crippen molar-refractivity contribution >= 4 is 26.7 Å². The van der Waals surface area contributed by atoms with E-state index in [1.54, 1.807) is 12.4 Å². The summed E-state index contributed by atoms with van der Waals surface area (Å²) < 4.78 is 46.0. The third-order valence-corrected chi connectivity index (χ3v) is 8.46. The van der Waals surface area contributed by atoms with E-state index in [0.717, 1.165) is 48.9 Å². The van der Waals surface area contributed by atoms with Gasteiger partial charge in [-0.2, -0.15) is 4.31 Å². The monoisotopic (exact) mass is 499 g/mol. The van der Waals surface area contributed by atoms with Crippen LogP contribution >= 0.6 is 0 Å². The Labute approximate surface area is 205 Å². The number of unbranched alkanes of at least 4 members (excludes halogenated alkanes) is 1. The highest BCUT2D eigenvalue weighted by atomic mass is 32.2. The topological polar surface area (TPSA) is 88.6 Å². The fraction of sp³-hybridized carbons (Fsp3) is 0.385. The molecule has 4 rings (SSSR count). The predicted molar refractivity (Wildman–Crippen MR) is 132 cm³/mol. The number of piperidine rings is 1. The van der Waals surface area contributed by atoms with E-state index >= 15 is 0 Å². The minimum Gasteiger partial charge on any atom is -0.494 e. The Balaban J connectivity index is 1.18. The molecule has 7 nitrogen and oxygen atoms in total. The van der Waals surface area contributed by atoms with Crippen molar-refractivity contribution in [3.05, 3.63) is 66.2 Å². The zero-order chi connectivity index (χ0) is 24.8. The maximum atomic E-state index is 14.0. The summed E-state index contributed by atoms with van der Waals surface area (Å²) in [7, 11) is -2.38. The van der Waals surface area contributed by atoms with Crippen LogP contribution in [0.2, 0.25) is 0 Å². The van der Waals surface area contributed by atoms with Gasteiger partial charge >= 0.3 is 0 Å². The highest BCUT2D eigenvalue weighted by Gasteiger charge is 2.29. The molecule has 0 unspecified atom stereocenters. The SMILES string of the molecule is COc1ccc(S(=O)(=O)N2CCC(CCCCNC(=O)c3ccc4ccncc4c3)CC2)cc1F. The van der Waals surface area contributed by atoms with Gasteiger partial charge in [-0.1, -0.05) is 18.9 Å². The number of nitrogens with one attached hydrogen (secondary N) is 1. The number of hydrogen-bond acceptors (Lipinski definition) is 5. The summed E-state index contributed by atoms with van der Waals surface area (Å²) in [5, 5.41) is 4.96. The van der Waals surface area contributed by atoms with Gasteiger partial charge in [-0.05, 0) is 67.0 Å². The number of amides is 1. The number of aromatic nitrogens is 1. The molecule has 1 aromatic heterocycles. The van der Waals surface area contributed by atoms with E-state index < -0.39 is 15.8 Å². The van der Waals surface area contributed by atoms with Gasteiger partial charge in [-0.15, -0.1) is 0 Å². The Bertz CT molecular complexity index is 1290. The van der Waals surface area contributed by atoms with Crippen LogP contribution in [0.1, 0.15) is 42.5 Å². The second kappa shape index (κ2) is 11.1. The molecule has 186 valence electrons. The Morgan fingerprint density at radius 1 is 1.11 bits per heavy atom. The first-order chi connectivity index (χ1) is 16.9. The van der Waals surface area contributed by atoms with Crippen molar-refractivity contribution < 1.29 is 22.3 Å². The normalized spacial score (nSPS) is 15.3.